The SMILES string of the molecule is CCCN(CC(=O)N1CCn2cccc2C1c1ccccc1OC)C(=O)Nc1ccccc1OCC. The number of nitrogens with one attached hydrogen (secondary N) is 1. The Morgan fingerprint density at radius 2 is 1.75 bits per heavy atom. The van der Waals surface area contributed by atoms with Crippen molar-refractivity contribution in [2.75, 3.05) is 38.7 Å². The number of nitrogens with zero attached hydrogens (tertiary/aromatic N) is 3. The molecule has 1 atom stereocenters. The van der Waals surface area contributed by atoms with E-state index in [9.17, 15) is 9.59 Å². The van der Waals surface area contributed by atoms with Crippen molar-refractivity contribution in [1.29, 1.82) is 0 Å². The van der Waals surface area contributed by atoms with E-state index in [1.807, 2.05) is 79.5 Å². The Bertz CT molecular complexity index is 1190. The second-order valence-corrected chi connectivity index (χ2v) is 8.64. The van der Waals surface area contributed by atoms with E-state index in [0.717, 1.165) is 23.4 Å². The monoisotopic (exact) mass is 490 g/mol. The number of benzene rings is 2. The predicted molar refractivity (Wildman–Crippen MR) is 139 cm³/mol. The zero-order valence-electron chi connectivity index (χ0n) is 21.1. The molecular weight excluding hydrogens is 456 g/mol. The third-order valence-electron chi connectivity index (χ3n) is 6.33. The standard InChI is InChI=1S/C28H34N4O4/c1-4-16-31(28(34)29-22-12-7-9-15-25(22)36-5-2)20-26(33)32-19-18-30-17-10-13-23(30)27(32)21-11-6-8-14-24(21)35-3/h6-15,17,27H,4-5,16,18-20H2,1-3H3,(H,29,34). The number of carbonyl (C=O) groups excluding carboxylic acids is 2. The first kappa shape index (κ1) is 25.2. The van der Waals surface area contributed by atoms with Gasteiger partial charge in [-0.25, -0.2) is 4.79 Å². The largest absolute Gasteiger partial charge is 0.496 e. The van der Waals surface area contributed by atoms with Gasteiger partial charge in [0, 0.05) is 37.1 Å². The highest BCUT2D eigenvalue weighted by Gasteiger charge is 2.35. The van der Waals surface area contributed by atoms with Crippen molar-refractivity contribution in [2.24, 2.45) is 0 Å². The molecule has 0 aliphatic carbocycles. The lowest BCUT2D eigenvalue weighted by atomic mass is 9.98. The van der Waals surface area contributed by atoms with Gasteiger partial charge in [0.1, 0.15) is 24.1 Å². The molecule has 190 valence electrons. The Labute approximate surface area is 212 Å². The smallest absolute Gasteiger partial charge is 0.322 e. The lowest BCUT2D eigenvalue weighted by Crippen LogP contribution is -2.49. The van der Waals surface area contributed by atoms with Gasteiger partial charge in [0.05, 0.1) is 19.4 Å². The van der Waals surface area contributed by atoms with E-state index in [0.29, 0.717) is 37.7 Å². The maximum absolute atomic E-state index is 13.8. The van der Waals surface area contributed by atoms with Crippen molar-refractivity contribution >= 4 is 17.6 Å². The molecule has 4 rings (SSSR count). The summed E-state index contributed by atoms with van der Waals surface area (Å²) < 4.78 is 13.5. The van der Waals surface area contributed by atoms with E-state index in [4.69, 9.17) is 9.47 Å². The van der Waals surface area contributed by atoms with Crippen molar-refractivity contribution in [3.05, 3.63) is 78.1 Å². The van der Waals surface area contributed by atoms with Crippen LogP contribution >= 0.6 is 0 Å². The number of aromatic nitrogens is 1. The number of anilines is 1. The fraction of sp³-hybridized carbons (Fsp3) is 0.357. The van der Waals surface area contributed by atoms with Gasteiger partial charge in [0.15, 0.2) is 0 Å². The topological polar surface area (TPSA) is 76.0 Å². The predicted octanol–water partition coefficient (Wildman–Crippen LogP) is 4.77. The summed E-state index contributed by atoms with van der Waals surface area (Å²) in [4.78, 5) is 30.4. The average Bonchev–Trinajstić information content (AvgIpc) is 3.38. The molecular formula is C28H34N4O4. The van der Waals surface area contributed by atoms with Gasteiger partial charge in [0.2, 0.25) is 5.91 Å². The van der Waals surface area contributed by atoms with E-state index in [1.54, 1.807) is 18.1 Å². The molecule has 1 unspecified atom stereocenters. The van der Waals surface area contributed by atoms with E-state index in [-0.39, 0.29) is 24.5 Å². The maximum Gasteiger partial charge on any atom is 0.322 e. The van der Waals surface area contributed by atoms with Gasteiger partial charge in [0.25, 0.3) is 0 Å². The van der Waals surface area contributed by atoms with Crippen LogP contribution in [0.2, 0.25) is 0 Å². The number of rotatable bonds is 9. The molecule has 1 aliphatic rings. The van der Waals surface area contributed by atoms with E-state index < -0.39 is 0 Å². The minimum atomic E-state index is -0.327. The maximum atomic E-state index is 13.8. The highest BCUT2D eigenvalue weighted by Crippen LogP contribution is 2.37. The van der Waals surface area contributed by atoms with Crippen LogP contribution in [0, 0.1) is 0 Å². The van der Waals surface area contributed by atoms with E-state index in [2.05, 4.69) is 9.88 Å². The molecule has 1 aromatic heterocycles. The zero-order valence-corrected chi connectivity index (χ0v) is 21.1. The second-order valence-electron chi connectivity index (χ2n) is 8.64. The summed E-state index contributed by atoms with van der Waals surface area (Å²) in [5, 5.41) is 2.93. The zero-order chi connectivity index (χ0) is 25.5. The second kappa shape index (κ2) is 11.7. The third-order valence-corrected chi connectivity index (χ3v) is 6.33. The number of ether oxygens (including phenoxy) is 2. The van der Waals surface area contributed by atoms with Crippen molar-refractivity contribution in [3.63, 3.8) is 0 Å². The van der Waals surface area contributed by atoms with Crippen LogP contribution in [0.25, 0.3) is 0 Å². The fourth-order valence-corrected chi connectivity index (χ4v) is 4.69. The van der Waals surface area contributed by atoms with Crippen LogP contribution in [0.3, 0.4) is 0 Å². The Balaban J connectivity index is 1.58. The molecule has 0 saturated heterocycles. The number of carbonyl (C=O) groups is 2. The van der Waals surface area contributed by atoms with Gasteiger partial charge < -0.3 is 29.2 Å². The molecule has 1 aliphatic heterocycles. The van der Waals surface area contributed by atoms with Gasteiger partial charge in [-0.1, -0.05) is 37.3 Å². The third kappa shape index (κ3) is 5.32. The first-order chi connectivity index (χ1) is 17.6. The molecule has 36 heavy (non-hydrogen) atoms. The van der Waals surface area contributed by atoms with Crippen LogP contribution in [0.15, 0.2) is 66.9 Å². The van der Waals surface area contributed by atoms with Crippen molar-refractivity contribution in [1.82, 2.24) is 14.4 Å². The highest BCUT2D eigenvalue weighted by molar-refractivity contribution is 5.93. The van der Waals surface area contributed by atoms with Gasteiger partial charge >= 0.3 is 6.03 Å². The summed E-state index contributed by atoms with van der Waals surface area (Å²) in [5.74, 6) is 1.22. The fourth-order valence-electron chi connectivity index (χ4n) is 4.69. The summed E-state index contributed by atoms with van der Waals surface area (Å²) in [6.45, 7) is 6.05. The summed E-state index contributed by atoms with van der Waals surface area (Å²) in [6.07, 6.45) is 2.76. The van der Waals surface area contributed by atoms with Crippen LogP contribution < -0.4 is 14.8 Å². The van der Waals surface area contributed by atoms with Crippen LogP contribution in [0.1, 0.15) is 37.6 Å². The average molecular weight is 491 g/mol. The van der Waals surface area contributed by atoms with Crippen LogP contribution in [0.4, 0.5) is 10.5 Å². The molecule has 8 heteroatoms. The molecule has 0 fully saturated rings. The Morgan fingerprint density at radius 3 is 2.50 bits per heavy atom. The summed E-state index contributed by atoms with van der Waals surface area (Å²) in [6, 6.07) is 18.5. The molecule has 8 nitrogen and oxygen atoms in total. The molecule has 3 aromatic rings. The van der Waals surface area contributed by atoms with Crippen molar-refractivity contribution in [3.8, 4) is 11.5 Å². The minimum absolute atomic E-state index is 0.0250. The normalized spacial score (nSPS) is 14.6. The molecule has 2 heterocycles. The number of para-hydroxylation sites is 3. The Morgan fingerprint density at radius 1 is 1.00 bits per heavy atom. The minimum Gasteiger partial charge on any atom is -0.496 e. The van der Waals surface area contributed by atoms with Crippen molar-refractivity contribution < 1.29 is 19.1 Å². The lowest BCUT2D eigenvalue weighted by Gasteiger charge is -2.38. The van der Waals surface area contributed by atoms with Gasteiger partial charge in [-0.05, 0) is 43.7 Å². The van der Waals surface area contributed by atoms with Crippen LogP contribution in [-0.2, 0) is 11.3 Å². The Hall–Kier alpha value is -3.94. The highest BCUT2D eigenvalue weighted by atomic mass is 16.5. The molecule has 1 N–H and O–H groups in total. The number of fused-ring (bicyclic) bond motifs is 1. The quantitative estimate of drug-likeness (QED) is 0.469. The first-order valence-electron chi connectivity index (χ1n) is 12.4. The van der Waals surface area contributed by atoms with E-state index in [1.165, 1.54) is 0 Å². The molecule has 0 spiro atoms. The lowest BCUT2D eigenvalue weighted by molar-refractivity contribution is -0.134. The van der Waals surface area contributed by atoms with Gasteiger partial charge in [-0.2, -0.15) is 0 Å². The number of urea groups is 1. The summed E-state index contributed by atoms with van der Waals surface area (Å²) in [7, 11) is 1.64. The van der Waals surface area contributed by atoms with Crippen LogP contribution in [-0.4, -0.2) is 59.7 Å². The number of methoxy groups -OCH3 is 1. The van der Waals surface area contributed by atoms with Crippen LogP contribution in [0.5, 0.6) is 11.5 Å². The number of amides is 3. The van der Waals surface area contributed by atoms with Crippen molar-refractivity contribution in [2.45, 2.75) is 32.9 Å². The van der Waals surface area contributed by atoms with Gasteiger partial charge in [-0.15, -0.1) is 0 Å². The first-order valence-corrected chi connectivity index (χ1v) is 12.4. The summed E-state index contributed by atoms with van der Waals surface area (Å²) >= 11 is 0. The molecule has 2 aromatic carbocycles. The molecule has 0 radical (unpaired) electrons. The Kier molecular flexibility index (Phi) is 8.15. The summed E-state index contributed by atoms with van der Waals surface area (Å²) in [5.41, 5.74) is 2.53. The number of hydrogen-bond acceptors (Lipinski definition) is 4. The van der Waals surface area contributed by atoms with E-state index >= 15 is 0 Å². The molecule has 0 saturated carbocycles. The van der Waals surface area contributed by atoms with Gasteiger partial charge in [-0.3, -0.25) is 4.79 Å². The molecule has 3 amide bonds. The molecule has 0 bridgehead atoms. The number of hydrogen-bond donors (Lipinski definition) is 1.